The van der Waals surface area contributed by atoms with Crippen molar-refractivity contribution in [1.82, 2.24) is 19.4 Å². The first-order valence-electron chi connectivity index (χ1n) is 11.9. The van der Waals surface area contributed by atoms with Crippen LogP contribution in [0.1, 0.15) is 71.1 Å². The van der Waals surface area contributed by atoms with Gasteiger partial charge in [0.15, 0.2) is 0 Å². The van der Waals surface area contributed by atoms with E-state index in [0.29, 0.717) is 23.5 Å². The lowest BCUT2D eigenvalue weighted by molar-refractivity contribution is 0.0981. The SMILES string of the molecule is CC(C)NC(=O)O[C@@H]1CC[C@H](c2cc(Nc3ccc(F)c4c3CN(C)S4(=O)=O)n(C(C)(C)C)n2)C1. The lowest BCUT2D eigenvalue weighted by Crippen LogP contribution is -2.33. The van der Waals surface area contributed by atoms with Crippen LogP contribution in [0.3, 0.4) is 0 Å². The normalized spacial score (nSPS) is 21.8. The van der Waals surface area contributed by atoms with Crippen LogP contribution in [0.4, 0.5) is 20.7 Å². The van der Waals surface area contributed by atoms with Crippen LogP contribution in [0, 0.1) is 5.82 Å². The third-order valence-electron chi connectivity index (χ3n) is 6.37. The number of alkyl carbamates (subject to hydrolysis) is 1. The van der Waals surface area contributed by atoms with E-state index in [9.17, 15) is 17.6 Å². The second-order valence-electron chi connectivity index (χ2n) is 10.7. The van der Waals surface area contributed by atoms with Crippen molar-refractivity contribution in [3.63, 3.8) is 0 Å². The first-order chi connectivity index (χ1) is 16.3. The molecule has 0 saturated heterocycles. The minimum absolute atomic E-state index is 0.0125. The van der Waals surface area contributed by atoms with Crippen LogP contribution >= 0.6 is 0 Å². The Kier molecular flexibility index (Phi) is 6.60. The molecule has 2 atom stereocenters. The van der Waals surface area contributed by atoms with Crippen LogP contribution in [0.2, 0.25) is 0 Å². The maximum Gasteiger partial charge on any atom is 0.407 e. The average molecular weight is 508 g/mol. The van der Waals surface area contributed by atoms with E-state index in [1.54, 1.807) is 6.07 Å². The van der Waals surface area contributed by atoms with Crippen molar-refractivity contribution in [3.05, 3.63) is 35.3 Å². The first kappa shape index (κ1) is 25.4. The number of rotatable bonds is 5. The molecule has 1 saturated carbocycles. The second-order valence-corrected chi connectivity index (χ2v) is 12.6. The number of hydrogen-bond acceptors (Lipinski definition) is 6. The highest BCUT2D eigenvalue weighted by Crippen LogP contribution is 2.40. The van der Waals surface area contributed by atoms with Crippen LogP contribution in [0.25, 0.3) is 0 Å². The molecule has 11 heteroatoms. The number of ether oxygens (including phenoxy) is 1. The number of nitrogens with zero attached hydrogens (tertiary/aromatic N) is 3. The highest BCUT2D eigenvalue weighted by atomic mass is 32.2. The fourth-order valence-electron chi connectivity index (χ4n) is 4.69. The molecule has 1 amide bonds. The number of sulfonamides is 1. The van der Waals surface area contributed by atoms with E-state index in [-0.39, 0.29) is 35.0 Å². The van der Waals surface area contributed by atoms with Crippen LogP contribution in [0.15, 0.2) is 23.1 Å². The molecule has 0 radical (unpaired) electrons. The molecule has 0 unspecified atom stereocenters. The predicted molar refractivity (Wildman–Crippen MR) is 131 cm³/mol. The summed E-state index contributed by atoms with van der Waals surface area (Å²) in [5.41, 5.74) is 1.45. The summed E-state index contributed by atoms with van der Waals surface area (Å²) < 4.78 is 48.2. The summed E-state index contributed by atoms with van der Waals surface area (Å²) >= 11 is 0. The number of carbonyl (C=O) groups is 1. The molecule has 4 rings (SSSR count). The minimum Gasteiger partial charge on any atom is -0.446 e. The second kappa shape index (κ2) is 9.09. The van der Waals surface area contributed by atoms with E-state index in [2.05, 4.69) is 10.6 Å². The van der Waals surface area contributed by atoms with Gasteiger partial charge in [-0.3, -0.25) is 0 Å². The van der Waals surface area contributed by atoms with Gasteiger partial charge in [0.05, 0.1) is 11.2 Å². The van der Waals surface area contributed by atoms with Gasteiger partial charge in [-0.25, -0.2) is 22.3 Å². The molecule has 1 aromatic heterocycles. The number of aromatic nitrogens is 2. The van der Waals surface area contributed by atoms with E-state index in [4.69, 9.17) is 9.84 Å². The molecule has 1 fully saturated rings. The maximum absolute atomic E-state index is 14.5. The number of nitrogens with one attached hydrogen (secondary N) is 2. The monoisotopic (exact) mass is 507 g/mol. The number of anilines is 2. The molecule has 192 valence electrons. The zero-order valence-corrected chi connectivity index (χ0v) is 21.9. The van der Waals surface area contributed by atoms with Crippen molar-refractivity contribution in [3.8, 4) is 0 Å². The lowest BCUT2D eigenvalue weighted by atomic mass is 10.0. The van der Waals surface area contributed by atoms with E-state index >= 15 is 0 Å². The molecule has 35 heavy (non-hydrogen) atoms. The molecular formula is C24H34FN5O4S. The van der Waals surface area contributed by atoms with E-state index in [0.717, 1.165) is 22.8 Å². The quantitative estimate of drug-likeness (QED) is 0.621. The van der Waals surface area contributed by atoms with Crippen LogP contribution in [0.5, 0.6) is 0 Å². The zero-order chi connectivity index (χ0) is 25.7. The fourth-order valence-corrected chi connectivity index (χ4v) is 6.10. The molecule has 0 spiro atoms. The Labute approximate surface area is 206 Å². The molecule has 2 aromatic rings. The highest BCUT2D eigenvalue weighted by Gasteiger charge is 2.37. The van der Waals surface area contributed by atoms with Gasteiger partial charge < -0.3 is 15.4 Å². The Morgan fingerprint density at radius 2 is 1.97 bits per heavy atom. The standard InChI is InChI=1S/C24H34FN5O4S/c1-14(2)26-23(31)34-16-8-7-15(11-16)20-12-21(30(28-20)24(3,4)5)27-19-10-9-18(25)22-17(19)13-29(6)35(22,32)33/h9-10,12,14-16,27H,7-8,11,13H2,1-6H3,(H,26,31)/t15-,16+/m0/s1. The van der Waals surface area contributed by atoms with Crippen LogP contribution in [-0.2, 0) is 26.8 Å². The number of halogens is 1. The third-order valence-corrected chi connectivity index (χ3v) is 8.28. The number of amides is 1. The number of carbonyl (C=O) groups excluding carboxylic acids is 1. The Bertz CT molecular complexity index is 1240. The first-order valence-corrected chi connectivity index (χ1v) is 13.3. The average Bonchev–Trinajstić information content (AvgIpc) is 3.40. The van der Waals surface area contributed by atoms with Gasteiger partial charge in [0.25, 0.3) is 0 Å². The van der Waals surface area contributed by atoms with Gasteiger partial charge in [0.1, 0.15) is 22.6 Å². The molecule has 9 nitrogen and oxygen atoms in total. The van der Waals surface area contributed by atoms with Gasteiger partial charge in [-0.15, -0.1) is 0 Å². The third kappa shape index (κ3) is 5.02. The highest BCUT2D eigenvalue weighted by molar-refractivity contribution is 7.89. The lowest BCUT2D eigenvalue weighted by Gasteiger charge is -2.23. The molecule has 1 aliphatic heterocycles. The minimum atomic E-state index is -3.85. The molecular weight excluding hydrogens is 473 g/mol. The number of hydrogen-bond donors (Lipinski definition) is 2. The van der Waals surface area contributed by atoms with Gasteiger partial charge >= 0.3 is 6.09 Å². The predicted octanol–water partition coefficient (Wildman–Crippen LogP) is 4.43. The maximum atomic E-state index is 14.5. The summed E-state index contributed by atoms with van der Waals surface area (Å²) in [4.78, 5) is 11.7. The molecule has 1 aromatic carbocycles. The van der Waals surface area contributed by atoms with Gasteiger partial charge in [-0.2, -0.15) is 9.40 Å². The Morgan fingerprint density at radius 1 is 1.26 bits per heavy atom. The largest absolute Gasteiger partial charge is 0.446 e. The van der Waals surface area contributed by atoms with E-state index in [1.165, 1.54) is 13.1 Å². The zero-order valence-electron chi connectivity index (χ0n) is 21.1. The van der Waals surface area contributed by atoms with Crippen molar-refractivity contribution < 1.29 is 22.3 Å². The summed E-state index contributed by atoms with van der Waals surface area (Å²) in [6.07, 6.45) is 1.71. The van der Waals surface area contributed by atoms with Crippen molar-refractivity contribution >= 4 is 27.6 Å². The summed E-state index contributed by atoms with van der Waals surface area (Å²) in [5, 5.41) is 10.9. The summed E-state index contributed by atoms with van der Waals surface area (Å²) in [6.45, 7) is 9.94. The molecule has 2 N–H and O–H groups in total. The Morgan fingerprint density at radius 3 is 2.63 bits per heavy atom. The van der Waals surface area contributed by atoms with Gasteiger partial charge in [-0.1, -0.05) is 0 Å². The smallest absolute Gasteiger partial charge is 0.407 e. The molecule has 1 aliphatic carbocycles. The van der Waals surface area contributed by atoms with E-state index < -0.39 is 21.9 Å². The van der Waals surface area contributed by atoms with Crippen LogP contribution < -0.4 is 10.6 Å². The molecule has 0 bridgehead atoms. The van der Waals surface area contributed by atoms with Gasteiger partial charge in [0.2, 0.25) is 10.0 Å². The summed E-state index contributed by atoms with van der Waals surface area (Å²) in [7, 11) is -2.41. The molecule has 2 aliphatic rings. The van der Waals surface area contributed by atoms with Gasteiger partial charge in [-0.05, 0) is 66.0 Å². The van der Waals surface area contributed by atoms with Crippen molar-refractivity contribution in [1.29, 1.82) is 0 Å². The number of fused-ring (bicyclic) bond motifs is 1. The topological polar surface area (TPSA) is 106 Å². The Balaban J connectivity index is 1.60. The van der Waals surface area contributed by atoms with Crippen molar-refractivity contribution in [2.45, 2.75) is 88.9 Å². The van der Waals surface area contributed by atoms with Crippen LogP contribution in [-0.4, -0.2) is 47.8 Å². The van der Waals surface area contributed by atoms with E-state index in [1.807, 2.05) is 45.4 Å². The summed E-state index contributed by atoms with van der Waals surface area (Å²) in [6, 6.07) is 4.71. The number of benzene rings is 1. The fraction of sp³-hybridized carbons (Fsp3) is 0.583. The van der Waals surface area contributed by atoms with Crippen molar-refractivity contribution in [2.24, 2.45) is 0 Å². The van der Waals surface area contributed by atoms with Gasteiger partial charge in [0, 0.05) is 42.9 Å². The Hall–Kier alpha value is -2.66. The van der Waals surface area contributed by atoms with Crippen molar-refractivity contribution in [2.75, 3.05) is 12.4 Å². The summed E-state index contributed by atoms with van der Waals surface area (Å²) in [5.74, 6) is 0.0649. The molecule has 2 heterocycles.